The number of aryl methyl sites for hydroxylation is 14. The van der Waals surface area contributed by atoms with Crippen molar-refractivity contribution in [2.45, 2.75) is 226 Å². The Morgan fingerprint density at radius 2 is 0.544 bits per heavy atom. The molecular formula is C102H120N8O4+4. The van der Waals surface area contributed by atoms with Crippen molar-refractivity contribution in [1.29, 1.82) is 0 Å². The number of pyridine rings is 8. The van der Waals surface area contributed by atoms with E-state index in [9.17, 15) is 0 Å². The number of benzene rings is 4. The molecule has 0 aliphatic carbocycles. The third-order valence-electron chi connectivity index (χ3n) is 22.5. The summed E-state index contributed by atoms with van der Waals surface area (Å²) >= 11 is 0. The molecule has 12 heteroatoms. The number of fused-ring (bicyclic) bond motifs is 12. The third kappa shape index (κ3) is 15.4. The lowest BCUT2D eigenvalue weighted by atomic mass is 9.93. The molecule has 16 aromatic rings. The summed E-state index contributed by atoms with van der Waals surface area (Å²) in [5.74, 6) is -0.846. The van der Waals surface area contributed by atoms with Gasteiger partial charge in [0.05, 0.1) is 22.3 Å². The Hall–Kier alpha value is -10.7. The summed E-state index contributed by atoms with van der Waals surface area (Å²) in [5.41, 5.74) is 27.9. The van der Waals surface area contributed by atoms with Crippen molar-refractivity contribution in [3.63, 3.8) is 0 Å². The van der Waals surface area contributed by atoms with Gasteiger partial charge in [0, 0.05) is 126 Å². The maximum absolute atomic E-state index is 8.68. The molecular weight excluding hydrogens is 1400 g/mol. The first kappa shape index (κ1) is 68.8. The highest BCUT2D eigenvalue weighted by atomic mass is 16.4. The SMILES string of the molecule is [2H]C([2H])(C)c1c[n+](C)c(-c2c(C)ccc3c2oc2nc(C(C)C)ccc23)cc1C(C)C.[2H]C([2H])(C)c1c[n+](C)c(-c2c(C)ccc3c2oc2nc(C(C)C)ccc23)cc1C([2H])(C)C.[2H]C([2H])(C)c1c[n+](C)c(-c2c(C)ccc3c2oc2nc(CC)ccc23)cc1C(C)C.[2H]C([2H])(C)c1c[n+](C)c(-c2c(C)ccc3c2oc2nc(CC)ccc23)cc1C([2H])(C)C. The van der Waals surface area contributed by atoms with Crippen LogP contribution in [0.2, 0.25) is 0 Å². The zero-order valence-corrected chi connectivity index (χ0v) is 71.8. The summed E-state index contributed by atoms with van der Waals surface area (Å²) in [6.45, 7) is 42.9. The van der Waals surface area contributed by atoms with Gasteiger partial charge < -0.3 is 17.7 Å². The molecule has 0 atom stereocenters. The minimum atomic E-state index is -1.55. The fraction of sp³-hybridized carbons (Fsp3) is 0.373. The van der Waals surface area contributed by atoms with Crippen molar-refractivity contribution in [3.05, 3.63) is 236 Å². The van der Waals surface area contributed by atoms with Crippen molar-refractivity contribution in [1.82, 2.24) is 19.9 Å². The van der Waals surface area contributed by atoms with Crippen molar-refractivity contribution in [2.75, 3.05) is 0 Å². The molecule has 16 rings (SSSR count). The molecule has 0 saturated heterocycles. The summed E-state index contributed by atoms with van der Waals surface area (Å²) in [6.07, 6.45) is 3.28. The van der Waals surface area contributed by atoms with Crippen LogP contribution in [0, 0.1) is 27.7 Å². The predicted octanol–water partition coefficient (Wildman–Crippen LogP) is 25.2. The zero-order chi connectivity index (χ0) is 90.8. The van der Waals surface area contributed by atoms with Gasteiger partial charge in [0.25, 0.3) is 0 Å². The molecule has 0 aliphatic heterocycles. The number of hydrogen-bond acceptors (Lipinski definition) is 8. The highest BCUT2D eigenvalue weighted by Crippen LogP contribution is 2.43. The van der Waals surface area contributed by atoms with Gasteiger partial charge in [-0.05, 0) is 195 Å². The molecule has 12 aromatic heterocycles. The molecule has 0 radical (unpaired) electrons. The standard InChI is InChI=1S/2C26H31N2O.2C25H29N2O/c2*1-8-18-14-28(7)23(13-21(18)15(2)3)24-17(6)9-10-19-20-11-12-22(16(4)5)27-26(20)29-25(19)24;2*1-7-17-14-27(6)22(13-21(17)15(3)4)23-16(5)9-11-19-20-12-10-18(8-2)26-25(20)28-24(19)23/h2*9-16H,8H2,1-7H3;2*9-15H,7-8H2,1-6H3/q4*+1/i8D2,15D;8D2;7D2,15D;7D2. The second-order valence-corrected chi connectivity index (χ2v) is 32.2. The van der Waals surface area contributed by atoms with Crippen LogP contribution in [-0.2, 0) is 66.5 Å². The van der Waals surface area contributed by atoms with E-state index < -0.39 is 37.3 Å². The molecule has 12 nitrogen and oxygen atoms in total. The van der Waals surface area contributed by atoms with Crippen molar-refractivity contribution >= 4 is 88.3 Å². The van der Waals surface area contributed by atoms with Crippen LogP contribution in [0.4, 0.5) is 0 Å². The Kier molecular flexibility index (Phi) is 20.2. The second-order valence-electron chi connectivity index (χ2n) is 32.2. The van der Waals surface area contributed by atoms with Gasteiger partial charge >= 0.3 is 0 Å². The van der Waals surface area contributed by atoms with E-state index in [-0.39, 0.29) is 11.8 Å². The van der Waals surface area contributed by atoms with Gasteiger partial charge in [0.1, 0.15) is 28.2 Å². The van der Waals surface area contributed by atoms with Crippen LogP contribution in [0.25, 0.3) is 133 Å². The molecule has 12 heterocycles. The van der Waals surface area contributed by atoms with Gasteiger partial charge in [0.15, 0.2) is 47.1 Å². The molecule has 0 spiro atoms. The van der Waals surface area contributed by atoms with Crippen LogP contribution >= 0.6 is 0 Å². The average Bonchev–Trinajstić information content (AvgIpc) is 1.52. The first-order valence-electron chi connectivity index (χ1n) is 45.3. The number of aromatic nitrogens is 8. The molecule has 588 valence electrons. The molecule has 0 N–H and O–H groups in total. The normalized spacial score (nSPS) is 13.9. The highest BCUT2D eigenvalue weighted by molar-refractivity contribution is 6.12. The number of hydrogen-bond donors (Lipinski definition) is 0. The zero-order valence-electron chi connectivity index (χ0n) is 81.8. The molecule has 4 aromatic carbocycles. The predicted molar refractivity (Wildman–Crippen MR) is 472 cm³/mol. The van der Waals surface area contributed by atoms with Gasteiger partial charge in [-0.2, -0.15) is 0 Å². The van der Waals surface area contributed by atoms with Crippen LogP contribution in [0.3, 0.4) is 0 Å². The minimum absolute atomic E-state index is 0.204. The molecule has 0 bridgehead atoms. The van der Waals surface area contributed by atoms with E-state index in [1.165, 1.54) is 0 Å². The Labute approximate surface area is 689 Å². The summed E-state index contributed by atoms with van der Waals surface area (Å²) in [7, 11) is 7.79. The summed E-state index contributed by atoms with van der Waals surface area (Å²) in [6, 6.07) is 41.5. The smallest absolute Gasteiger partial charge is 0.227 e. The number of rotatable bonds is 16. The van der Waals surface area contributed by atoms with Gasteiger partial charge in [-0.3, -0.25) is 0 Å². The van der Waals surface area contributed by atoms with Crippen LogP contribution in [0.15, 0.2) is 164 Å². The monoisotopic (exact) mass is 1530 g/mol. The lowest BCUT2D eigenvalue weighted by Crippen LogP contribution is -2.32. The van der Waals surface area contributed by atoms with E-state index in [0.29, 0.717) is 56.9 Å². The van der Waals surface area contributed by atoms with E-state index in [4.69, 9.17) is 41.3 Å². The number of furan rings is 4. The summed E-state index contributed by atoms with van der Waals surface area (Å²) in [5, 5.41) is 8.14. The Bertz CT molecular complexity index is 6850. The van der Waals surface area contributed by atoms with Crippen molar-refractivity contribution in [3.8, 4) is 45.0 Å². The van der Waals surface area contributed by atoms with Gasteiger partial charge in [0.2, 0.25) is 45.6 Å². The van der Waals surface area contributed by atoms with Gasteiger partial charge in [-0.1, -0.05) is 173 Å². The fourth-order valence-electron chi connectivity index (χ4n) is 15.9. The van der Waals surface area contributed by atoms with Crippen LogP contribution in [0.1, 0.15) is 263 Å². The Morgan fingerprint density at radius 3 is 0.781 bits per heavy atom. The maximum Gasteiger partial charge on any atom is 0.227 e. The quantitative estimate of drug-likeness (QED) is 0.0878. The van der Waals surface area contributed by atoms with E-state index in [2.05, 4.69) is 196 Å². The van der Waals surface area contributed by atoms with Crippen molar-refractivity contribution < 1.29 is 49.6 Å². The molecule has 0 unspecified atom stereocenters. The lowest BCUT2D eigenvalue weighted by Gasteiger charge is -2.13. The van der Waals surface area contributed by atoms with E-state index in [1.807, 2.05) is 103 Å². The average molecular weight is 1530 g/mol. The second kappa shape index (κ2) is 33.4. The Balaban J connectivity index is 0.000000142. The Morgan fingerprint density at radius 1 is 0.307 bits per heavy atom. The first-order chi connectivity index (χ1) is 57.8. The van der Waals surface area contributed by atoms with Gasteiger partial charge in [-0.15, -0.1) is 0 Å². The van der Waals surface area contributed by atoms with Crippen LogP contribution in [0.5, 0.6) is 0 Å². The fourth-order valence-corrected chi connectivity index (χ4v) is 15.9. The highest BCUT2D eigenvalue weighted by Gasteiger charge is 2.30. The minimum Gasteiger partial charge on any atom is -0.437 e. The van der Waals surface area contributed by atoms with Gasteiger partial charge in [-0.25, -0.2) is 38.2 Å². The molecule has 0 fully saturated rings. The molecule has 0 amide bonds. The lowest BCUT2D eigenvalue weighted by molar-refractivity contribution is -0.661. The third-order valence-corrected chi connectivity index (χ3v) is 22.5. The molecule has 0 saturated carbocycles. The van der Waals surface area contributed by atoms with E-state index >= 15 is 0 Å². The van der Waals surface area contributed by atoms with Crippen LogP contribution in [-0.4, -0.2) is 19.9 Å². The molecule has 0 aliphatic rings. The molecule has 114 heavy (non-hydrogen) atoms. The van der Waals surface area contributed by atoms with E-state index in [0.717, 1.165) is 191 Å². The van der Waals surface area contributed by atoms with Crippen molar-refractivity contribution in [2.24, 2.45) is 28.2 Å². The van der Waals surface area contributed by atoms with Crippen LogP contribution < -0.4 is 18.3 Å². The van der Waals surface area contributed by atoms with E-state index in [1.54, 1.807) is 55.4 Å². The summed E-state index contributed by atoms with van der Waals surface area (Å²) < 4.78 is 117. The maximum atomic E-state index is 8.68. The first-order valence-corrected chi connectivity index (χ1v) is 40.3. The number of nitrogens with zero attached hydrogens (tertiary/aromatic N) is 8. The largest absolute Gasteiger partial charge is 0.437 e. The topological polar surface area (TPSA) is 120 Å². The summed E-state index contributed by atoms with van der Waals surface area (Å²) in [4.78, 5) is 18.9.